The van der Waals surface area contributed by atoms with Crippen LogP contribution in [0.25, 0.3) is 11.1 Å². The van der Waals surface area contributed by atoms with Crippen LogP contribution in [0.4, 0.5) is 0 Å². The van der Waals surface area contributed by atoms with Crippen molar-refractivity contribution < 1.29 is 9.47 Å². The third kappa shape index (κ3) is 2.31. The molecule has 0 saturated carbocycles. The summed E-state index contributed by atoms with van der Waals surface area (Å²) >= 11 is 0. The Morgan fingerprint density at radius 2 is 1.44 bits per heavy atom. The van der Waals surface area contributed by atoms with E-state index in [4.69, 9.17) is 15.2 Å². The molecule has 0 amide bonds. The molecule has 2 rings (SSSR count). The molecule has 0 aliphatic carbocycles. The highest BCUT2D eigenvalue weighted by Gasteiger charge is 2.11. The van der Waals surface area contributed by atoms with E-state index in [1.807, 2.05) is 42.5 Å². The molecule has 0 spiro atoms. The minimum Gasteiger partial charge on any atom is -0.496 e. The molecule has 0 atom stereocenters. The molecule has 0 heterocycles. The summed E-state index contributed by atoms with van der Waals surface area (Å²) in [6.07, 6.45) is 0. The molecular weight excluding hydrogens is 226 g/mol. The lowest BCUT2D eigenvalue weighted by Crippen LogP contribution is -1.96. The number of rotatable bonds is 4. The molecule has 0 aromatic heterocycles. The van der Waals surface area contributed by atoms with Crippen LogP contribution in [-0.4, -0.2) is 14.2 Å². The Labute approximate surface area is 107 Å². The molecule has 0 bridgehead atoms. The lowest BCUT2D eigenvalue weighted by Gasteiger charge is -2.13. The van der Waals surface area contributed by atoms with E-state index in [1.165, 1.54) is 0 Å². The van der Waals surface area contributed by atoms with Gasteiger partial charge in [0.25, 0.3) is 0 Å². The predicted octanol–water partition coefficient (Wildman–Crippen LogP) is 2.83. The monoisotopic (exact) mass is 243 g/mol. The van der Waals surface area contributed by atoms with E-state index in [1.54, 1.807) is 14.2 Å². The van der Waals surface area contributed by atoms with Gasteiger partial charge >= 0.3 is 0 Å². The molecule has 94 valence electrons. The first kappa shape index (κ1) is 12.5. The molecule has 0 fully saturated rings. The van der Waals surface area contributed by atoms with Gasteiger partial charge in [-0.1, -0.05) is 30.3 Å². The molecule has 0 unspecified atom stereocenters. The van der Waals surface area contributed by atoms with Gasteiger partial charge in [0, 0.05) is 6.54 Å². The minimum absolute atomic E-state index is 0.545. The normalized spacial score (nSPS) is 10.2. The van der Waals surface area contributed by atoms with Gasteiger partial charge in [-0.15, -0.1) is 0 Å². The number of ether oxygens (including phenoxy) is 2. The van der Waals surface area contributed by atoms with Crippen LogP contribution in [0.2, 0.25) is 0 Å². The molecule has 18 heavy (non-hydrogen) atoms. The second kappa shape index (κ2) is 5.56. The van der Waals surface area contributed by atoms with Gasteiger partial charge in [-0.3, -0.25) is 0 Å². The van der Waals surface area contributed by atoms with Gasteiger partial charge in [-0.2, -0.15) is 0 Å². The summed E-state index contributed by atoms with van der Waals surface area (Å²) < 4.78 is 10.8. The van der Waals surface area contributed by atoms with Crippen molar-refractivity contribution in [3.63, 3.8) is 0 Å². The van der Waals surface area contributed by atoms with E-state index in [9.17, 15) is 0 Å². The van der Waals surface area contributed by atoms with E-state index >= 15 is 0 Å². The van der Waals surface area contributed by atoms with Gasteiger partial charge in [0.05, 0.1) is 19.8 Å². The van der Waals surface area contributed by atoms with Crippen LogP contribution in [-0.2, 0) is 6.54 Å². The zero-order chi connectivity index (χ0) is 13.0. The van der Waals surface area contributed by atoms with Crippen molar-refractivity contribution in [1.82, 2.24) is 0 Å². The highest BCUT2D eigenvalue weighted by molar-refractivity contribution is 5.77. The summed E-state index contributed by atoms with van der Waals surface area (Å²) in [5.41, 5.74) is 8.73. The molecule has 2 N–H and O–H groups in total. The molecule has 2 aromatic rings. The lowest BCUT2D eigenvalue weighted by molar-refractivity contribution is 0.397. The standard InChI is InChI=1S/C15H17NO2/c1-17-13-4-3-5-14(18-2)15(13)12-8-6-11(10-16)7-9-12/h3-9H,10,16H2,1-2H3. The number of nitrogens with two attached hydrogens (primary N) is 1. The predicted molar refractivity (Wildman–Crippen MR) is 72.9 cm³/mol. The zero-order valence-electron chi connectivity index (χ0n) is 10.6. The molecular formula is C15H17NO2. The van der Waals surface area contributed by atoms with E-state index in [-0.39, 0.29) is 0 Å². The third-order valence-electron chi connectivity index (χ3n) is 2.91. The van der Waals surface area contributed by atoms with Gasteiger partial charge in [-0.05, 0) is 23.3 Å². The topological polar surface area (TPSA) is 44.5 Å². The summed E-state index contributed by atoms with van der Waals surface area (Å²) in [6.45, 7) is 0.545. The maximum Gasteiger partial charge on any atom is 0.130 e. The Balaban J connectivity index is 2.53. The summed E-state index contributed by atoms with van der Waals surface area (Å²) in [6, 6.07) is 13.9. The maximum atomic E-state index is 5.60. The van der Waals surface area contributed by atoms with Crippen molar-refractivity contribution in [3.05, 3.63) is 48.0 Å². The quantitative estimate of drug-likeness (QED) is 0.898. The van der Waals surface area contributed by atoms with Crippen molar-refractivity contribution in [2.45, 2.75) is 6.54 Å². The lowest BCUT2D eigenvalue weighted by atomic mass is 10.0. The average molecular weight is 243 g/mol. The maximum absolute atomic E-state index is 5.60. The Morgan fingerprint density at radius 3 is 1.89 bits per heavy atom. The summed E-state index contributed by atoms with van der Waals surface area (Å²) in [4.78, 5) is 0. The SMILES string of the molecule is COc1cccc(OC)c1-c1ccc(CN)cc1. The van der Waals surface area contributed by atoms with Gasteiger partial charge in [-0.25, -0.2) is 0 Å². The first-order valence-electron chi connectivity index (χ1n) is 5.80. The molecule has 0 saturated heterocycles. The summed E-state index contributed by atoms with van der Waals surface area (Å²) in [5.74, 6) is 1.60. The van der Waals surface area contributed by atoms with Crippen molar-refractivity contribution in [3.8, 4) is 22.6 Å². The van der Waals surface area contributed by atoms with Gasteiger partial charge in [0.15, 0.2) is 0 Å². The van der Waals surface area contributed by atoms with E-state index in [0.717, 1.165) is 28.2 Å². The molecule has 3 nitrogen and oxygen atoms in total. The van der Waals surface area contributed by atoms with Gasteiger partial charge in [0.2, 0.25) is 0 Å². The van der Waals surface area contributed by atoms with Crippen LogP contribution in [0.5, 0.6) is 11.5 Å². The van der Waals surface area contributed by atoms with Crippen LogP contribution < -0.4 is 15.2 Å². The van der Waals surface area contributed by atoms with Gasteiger partial charge < -0.3 is 15.2 Å². The Hall–Kier alpha value is -2.00. The average Bonchev–Trinajstić information content (AvgIpc) is 2.46. The van der Waals surface area contributed by atoms with E-state index < -0.39 is 0 Å². The van der Waals surface area contributed by atoms with Crippen LogP contribution in [0.15, 0.2) is 42.5 Å². The molecule has 0 radical (unpaired) electrons. The van der Waals surface area contributed by atoms with Crippen molar-refractivity contribution in [2.24, 2.45) is 5.73 Å². The highest BCUT2D eigenvalue weighted by Crippen LogP contribution is 2.38. The van der Waals surface area contributed by atoms with Crippen LogP contribution in [0.1, 0.15) is 5.56 Å². The minimum atomic E-state index is 0.545. The van der Waals surface area contributed by atoms with Crippen LogP contribution >= 0.6 is 0 Å². The Kier molecular flexibility index (Phi) is 3.85. The van der Waals surface area contributed by atoms with Crippen molar-refractivity contribution in [2.75, 3.05) is 14.2 Å². The molecule has 3 heteroatoms. The smallest absolute Gasteiger partial charge is 0.130 e. The second-order valence-electron chi connectivity index (χ2n) is 3.94. The molecule has 2 aromatic carbocycles. The fourth-order valence-corrected chi connectivity index (χ4v) is 1.94. The number of hydrogen-bond donors (Lipinski definition) is 1. The number of hydrogen-bond acceptors (Lipinski definition) is 3. The fourth-order valence-electron chi connectivity index (χ4n) is 1.94. The highest BCUT2D eigenvalue weighted by atomic mass is 16.5. The number of benzene rings is 2. The second-order valence-corrected chi connectivity index (χ2v) is 3.94. The third-order valence-corrected chi connectivity index (χ3v) is 2.91. The van der Waals surface area contributed by atoms with E-state index in [2.05, 4.69) is 0 Å². The van der Waals surface area contributed by atoms with Crippen LogP contribution in [0, 0.1) is 0 Å². The summed E-state index contributed by atoms with van der Waals surface area (Å²) in [7, 11) is 3.32. The van der Waals surface area contributed by atoms with Gasteiger partial charge in [0.1, 0.15) is 11.5 Å². The Morgan fingerprint density at radius 1 is 0.889 bits per heavy atom. The largest absolute Gasteiger partial charge is 0.496 e. The zero-order valence-corrected chi connectivity index (χ0v) is 10.6. The molecule has 0 aliphatic heterocycles. The van der Waals surface area contributed by atoms with Crippen molar-refractivity contribution in [1.29, 1.82) is 0 Å². The van der Waals surface area contributed by atoms with E-state index in [0.29, 0.717) is 6.54 Å². The first-order chi connectivity index (χ1) is 8.80. The Bertz CT molecular complexity index is 498. The first-order valence-corrected chi connectivity index (χ1v) is 5.80. The molecule has 0 aliphatic rings. The number of methoxy groups -OCH3 is 2. The van der Waals surface area contributed by atoms with Crippen LogP contribution in [0.3, 0.4) is 0 Å². The summed E-state index contributed by atoms with van der Waals surface area (Å²) in [5, 5.41) is 0. The fraction of sp³-hybridized carbons (Fsp3) is 0.200. The van der Waals surface area contributed by atoms with Crippen molar-refractivity contribution >= 4 is 0 Å².